The molecule has 0 saturated heterocycles. The van der Waals surface area contributed by atoms with Gasteiger partial charge in [-0.15, -0.1) is 0 Å². The van der Waals surface area contributed by atoms with Crippen LogP contribution in [-0.4, -0.2) is 0 Å². The van der Waals surface area contributed by atoms with Gasteiger partial charge in [0.2, 0.25) is 0 Å². The lowest BCUT2D eigenvalue weighted by Gasteiger charge is -2.25. The van der Waals surface area contributed by atoms with Crippen LogP contribution in [0.15, 0.2) is 206 Å². The van der Waals surface area contributed by atoms with Crippen LogP contribution in [0.1, 0.15) is 25.0 Å². The van der Waals surface area contributed by atoms with Crippen molar-refractivity contribution in [3.05, 3.63) is 217 Å². The average molecular weight is 773 g/mol. The van der Waals surface area contributed by atoms with E-state index in [0.29, 0.717) is 0 Å². The summed E-state index contributed by atoms with van der Waals surface area (Å²) in [5.41, 5.74) is 13.0. The Bertz CT molecular complexity index is 3770. The Morgan fingerprint density at radius 2 is 0.623 bits per heavy atom. The van der Waals surface area contributed by atoms with Gasteiger partial charge >= 0.3 is 0 Å². The first-order valence-corrected chi connectivity index (χ1v) is 21.5. The first-order valence-electron chi connectivity index (χ1n) is 21.5. The minimum absolute atomic E-state index is 0.177. The van der Waals surface area contributed by atoms with Gasteiger partial charge in [0.25, 0.3) is 0 Å². The largest absolute Gasteiger partial charge is 0.0616 e. The summed E-state index contributed by atoms with van der Waals surface area (Å²) in [5.74, 6) is 0. The molecule has 0 bridgehead atoms. The van der Waals surface area contributed by atoms with Gasteiger partial charge in [-0.25, -0.2) is 0 Å². The van der Waals surface area contributed by atoms with Gasteiger partial charge in [0.05, 0.1) is 0 Å². The molecule has 12 aromatic rings. The highest BCUT2D eigenvalue weighted by Crippen LogP contribution is 2.58. The highest BCUT2D eigenvalue weighted by Gasteiger charge is 2.40. The second-order valence-corrected chi connectivity index (χ2v) is 17.5. The fourth-order valence-electron chi connectivity index (χ4n) is 11.5. The lowest BCUT2D eigenvalue weighted by atomic mass is 9.77. The van der Waals surface area contributed by atoms with E-state index in [2.05, 4.69) is 220 Å². The van der Waals surface area contributed by atoms with Gasteiger partial charge < -0.3 is 0 Å². The molecule has 0 aliphatic heterocycles. The van der Waals surface area contributed by atoms with Gasteiger partial charge in [-0.3, -0.25) is 0 Å². The molecule has 0 saturated carbocycles. The van der Waals surface area contributed by atoms with E-state index in [-0.39, 0.29) is 5.41 Å². The standard InChI is InChI=1S/C61H40/c1-61(2)59-51-29-15-9-23-45(51)53(36-55(59)58-46-24-10-7-20-42(46)43-21-8-16-30-52(43)60(58)61)37-31-33-38(34-32-37)56-47-25-11-13-27-49(47)57(50-28-14-12-26-48(50)56)54-35-39-17-3-4-18-40(39)41-19-5-6-22-44(41)54/h3-36H,1-2H3. The van der Waals surface area contributed by atoms with Crippen molar-refractivity contribution in [3.8, 4) is 44.5 Å². The van der Waals surface area contributed by atoms with Crippen molar-refractivity contribution >= 4 is 75.4 Å². The number of benzene rings is 12. The second kappa shape index (κ2) is 12.7. The van der Waals surface area contributed by atoms with Crippen molar-refractivity contribution in [1.82, 2.24) is 0 Å². The predicted molar refractivity (Wildman–Crippen MR) is 263 cm³/mol. The van der Waals surface area contributed by atoms with E-state index < -0.39 is 0 Å². The third-order valence-electron chi connectivity index (χ3n) is 14.0. The summed E-state index contributed by atoms with van der Waals surface area (Å²) in [6, 6.07) is 77.2. The molecule has 0 aromatic heterocycles. The first kappa shape index (κ1) is 34.3. The van der Waals surface area contributed by atoms with Crippen molar-refractivity contribution < 1.29 is 0 Å². The molecule has 61 heavy (non-hydrogen) atoms. The maximum atomic E-state index is 2.51. The Morgan fingerprint density at radius 3 is 1.20 bits per heavy atom. The fraction of sp³-hybridized carbons (Fsp3) is 0.0492. The molecule has 13 rings (SSSR count). The van der Waals surface area contributed by atoms with Crippen LogP contribution < -0.4 is 0 Å². The summed E-state index contributed by atoms with van der Waals surface area (Å²) in [5, 5.41) is 18.2. The molecule has 0 fully saturated rings. The summed E-state index contributed by atoms with van der Waals surface area (Å²) in [6.07, 6.45) is 0. The number of fused-ring (bicyclic) bond motifs is 15. The Balaban J connectivity index is 1.03. The highest BCUT2D eigenvalue weighted by atomic mass is 14.4. The Kier molecular flexibility index (Phi) is 7.17. The number of hydrogen-bond donors (Lipinski definition) is 0. The van der Waals surface area contributed by atoms with E-state index in [4.69, 9.17) is 0 Å². The first-order chi connectivity index (χ1) is 30.1. The molecule has 0 spiro atoms. The van der Waals surface area contributed by atoms with Crippen LogP contribution in [0.2, 0.25) is 0 Å². The summed E-state index contributed by atoms with van der Waals surface area (Å²) in [7, 11) is 0. The van der Waals surface area contributed by atoms with Crippen molar-refractivity contribution in [3.63, 3.8) is 0 Å². The summed E-state index contributed by atoms with van der Waals surface area (Å²) in [4.78, 5) is 0. The molecule has 0 unspecified atom stereocenters. The Hall–Kier alpha value is -7.54. The Morgan fingerprint density at radius 1 is 0.246 bits per heavy atom. The average Bonchev–Trinajstić information content (AvgIpc) is 3.57. The smallest absolute Gasteiger partial charge is 0.0171 e. The molecule has 1 aliphatic rings. The van der Waals surface area contributed by atoms with Gasteiger partial charge in [0, 0.05) is 5.41 Å². The van der Waals surface area contributed by atoms with E-state index in [0.717, 1.165) is 0 Å². The molecule has 0 heterocycles. The minimum Gasteiger partial charge on any atom is -0.0616 e. The van der Waals surface area contributed by atoms with Gasteiger partial charge in [0.15, 0.2) is 0 Å². The Labute approximate surface area is 355 Å². The molecule has 0 nitrogen and oxygen atoms in total. The van der Waals surface area contributed by atoms with E-state index >= 15 is 0 Å². The topological polar surface area (TPSA) is 0 Å². The maximum Gasteiger partial charge on any atom is 0.0171 e. The van der Waals surface area contributed by atoms with Gasteiger partial charge in [-0.05, 0) is 143 Å². The monoisotopic (exact) mass is 772 g/mol. The third-order valence-corrected chi connectivity index (χ3v) is 14.0. The normalized spacial score (nSPS) is 13.2. The number of rotatable bonds is 3. The fourth-order valence-corrected chi connectivity index (χ4v) is 11.5. The quantitative estimate of drug-likeness (QED) is 0.124. The van der Waals surface area contributed by atoms with Gasteiger partial charge in [0.1, 0.15) is 0 Å². The molecule has 0 amide bonds. The van der Waals surface area contributed by atoms with Crippen LogP contribution in [0.4, 0.5) is 0 Å². The predicted octanol–water partition coefficient (Wildman–Crippen LogP) is 17.1. The molecular formula is C61H40. The molecule has 12 aromatic carbocycles. The summed E-state index contributed by atoms with van der Waals surface area (Å²) in [6.45, 7) is 4.87. The van der Waals surface area contributed by atoms with Crippen molar-refractivity contribution in [2.24, 2.45) is 0 Å². The molecule has 1 aliphatic carbocycles. The van der Waals surface area contributed by atoms with Gasteiger partial charge in [-0.2, -0.15) is 0 Å². The summed E-state index contributed by atoms with van der Waals surface area (Å²) < 4.78 is 0. The molecule has 0 atom stereocenters. The van der Waals surface area contributed by atoms with E-state index in [1.54, 1.807) is 0 Å². The van der Waals surface area contributed by atoms with Crippen LogP contribution in [0.25, 0.3) is 120 Å². The minimum atomic E-state index is -0.177. The SMILES string of the molecule is CC1(C)c2c(cc(-c3ccc(-c4c5ccccc5c(-c5cc6ccccc6c6ccccc56)c5ccccc45)cc3)c3ccccc23)-c2c1c1ccccc1c1ccccc21. The van der Waals surface area contributed by atoms with E-state index in [9.17, 15) is 0 Å². The zero-order valence-corrected chi connectivity index (χ0v) is 34.1. The zero-order valence-electron chi connectivity index (χ0n) is 34.1. The summed E-state index contributed by atoms with van der Waals surface area (Å²) >= 11 is 0. The van der Waals surface area contributed by atoms with Crippen molar-refractivity contribution in [2.75, 3.05) is 0 Å². The van der Waals surface area contributed by atoms with E-state index in [1.807, 2.05) is 0 Å². The van der Waals surface area contributed by atoms with Crippen LogP contribution >= 0.6 is 0 Å². The van der Waals surface area contributed by atoms with Crippen molar-refractivity contribution in [2.45, 2.75) is 19.3 Å². The van der Waals surface area contributed by atoms with Crippen molar-refractivity contribution in [1.29, 1.82) is 0 Å². The number of hydrogen-bond acceptors (Lipinski definition) is 0. The highest BCUT2D eigenvalue weighted by molar-refractivity contribution is 6.26. The molecule has 0 radical (unpaired) electrons. The molecule has 0 N–H and O–H groups in total. The van der Waals surface area contributed by atoms with E-state index in [1.165, 1.54) is 131 Å². The van der Waals surface area contributed by atoms with Gasteiger partial charge in [-0.1, -0.05) is 208 Å². The zero-order chi connectivity index (χ0) is 40.4. The maximum absolute atomic E-state index is 2.51. The third kappa shape index (κ3) is 4.76. The van der Waals surface area contributed by atoms with Crippen LogP contribution in [0.5, 0.6) is 0 Å². The van der Waals surface area contributed by atoms with Crippen LogP contribution in [0.3, 0.4) is 0 Å². The van der Waals surface area contributed by atoms with Crippen LogP contribution in [-0.2, 0) is 5.41 Å². The molecule has 0 heteroatoms. The lowest BCUT2D eigenvalue weighted by Crippen LogP contribution is -2.16. The lowest BCUT2D eigenvalue weighted by molar-refractivity contribution is 0.672. The molecule has 284 valence electrons. The van der Waals surface area contributed by atoms with Crippen LogP contribution in [0, 0.1) is 0 Å². The molecular weight excluding hydrogens is 733 g/mol. The second-order valence-electron chi connectivity index (χ2n) is 17.5.